The highest BCUT2D eigenvalue weighted by molar-refractivity contribution is 9.11. The second kappa shape index (κ2) is 18.5. The van der Waals surface area contributed by atoms with Gasteiger partial charge < -0.3 is 24.8 Å². The SMILES string of the molecule is CC(C)(C)C(Cc1nc(-c2ccccc2F)c(Br)s1)NC(=O)O.COc1cccc(Sc2sc(CN(C)C(=O)OC(C)(C)C)nc2-c2ccccc2F)c1. The summed E-state index contributed by atoms with van der Waals surface area (Å²) in [7, 11) is 3.28. The number of halogens is 3. The lowest BCUT2D eigenvalue weighted by atomic mass is 9.85. The maximum absolute atomic E-state index is 14.5. The van der Waals surface area contributed by atoms with Crippen LogP contribution in [0, 0.1) is 17.0 Å². The summed E-state index contributed by atoms with van der Waals surface area (Å²) in [5.41, 5.74) is 1.12. The van der Waals surface area contributed by atoms with Gasteiger partial charge in [-0.25, -0.2) is 28.3 Å². The van der Waals surface area contributed by atoms with Gasteiger partial charge in [0.25, 0.3) is 0 Å². The van der Waals surface area contributed by atoms with Crippen LogP contribution in [-0.2, 0) is 17.7 Å². The number of ether oxygens (including phenoxy) is 2. The fraction of sp³-hybridized carbons (Fsp3) is 0.333. The molecular formula is C39H43BrF2N4O5S3. The number of hydrogen-bond acceptors (Lipinski definition) is 9. The molecule has 3 aromatic carbocycles. The summed E-state index contributed by atoms with van der Waals surface area (Å²) in [6.07, 6.45) is -1.04. The van der Waals surface area contributed by atoms with Crippen LogP contribution in [-0.4, -0.2) is 58.0 Å². The molecule has 15 heteroatoms. The summed E-state index contributed by atoms with van der Waals surface area (Å²) in [6.45, 7) is 11.6. The van der Waals surface area contributed by atoms with Crippen molar-refractivity contribution in [1.29, 1.82) is 0 Å². The van der Waals surface area contributed by atoms with Crippen molar-refractivity contribution in [2.45, 2.75) is 75.3 Å². The van der Waals surface area contributed by atoms with Gasteiger partial charge in [0, 0.05) is 35.5 Å². The Morgan fingerprint density at radius 2 is 1.50 bits per heavy atom. The van der Waals surface area contributed by atoms with E-state index in [1.54, 1.807) is 50.6 Å². The Morgan fingerprint density at radius 1 is 0.907 bits per heavy atom. The van der Waals surface area contributed by atoms with E-state index in [1.807, 2.05) is 65.8 Å². The fourth-order valence-electron chi connectivity index (χ4n) is 4.84. The summed E-state index contributed by atoms with van der Waals surface area (Å²) >= 11 is 7.75. The minimum atomic E-state index is -1.06. The maximum Gasteiger partial charge on any atom is 0.410 e. The molecular weight excluding hydrogens is 819 g/mol. The molecule has 9 nitrogen and oxygen atoms in total. The third-order valence-corrected chi connectivity index (χ3v) is 11.5. The van der Waals surface area contributed by atoms with E-state index in [2.05, 4.69) is 31.2 Å². The average molecular weight is 862 g/mol. The summed E-state index contributed by atoms with van der Waals surface area (Å²) in [4.78, 5) is 34.9. The first kappa shape index (κ1) is 42.7. The zero-order valence-corrected chi connectivity index (χ0v) is 35.2. The van der Waals surface area contributed by atoms with Gasteiger partial charge in [-0.2, -0.15) is 0 Å². The minimum absolute atomic E-state index is 0.255. The largest absolute Gasteiger partial charge is 0.497 e. The van der Waals surface area contributed by atoms with Gasteiger partial charge in [0.15, 0.2) is 0 Å². The molecule has 0 aliphatic carbocycles. The first-order chi connectivity index (χ1) is 25.3. The van der Waals surface area contributed by atoms with E-state index in [0.29, 0.717) is 33.9 Å². The van der Waals surface area contributed by atoms with Crippen LogP contribution in [0.5, 0.6) is 5.75 Å². The lowest BCUT2D eigenvalue weighted by Gasteiger charge is -2.29. The zero-order valence-electron chi connectivity index (χ0n) is 31.2. The molecule has 0 saturated carbocycles. The molecule has 2 N–H and O–H groups in total. The van der Waals surface area contributed by atoms with E-state index < -0.39 is 17.8 Å². The van der Waals surface area contributed by atoms with Crippen molar-refractivity contribution >= 4 is 62.6 Å². The number of carbonyl (C=O) groups excluding carboxylic acids is 1. The van der Waals surface area contributed by atoms with Crippen LogP contribution in [0.2, 0.25) is 0 Å². The first-order valence-corrected chi connectivity index (χ1v) is 20.0. The topological polar surface area (TPSA) is 114 Å². The Bertz CT molecular complexity index is 2060. The van der Waals surface area contributed by atoms with Gasteiger partial charge in [0.05, 0.1) is 38.0 Å². The van der Waals surface area contributed by atoms with E-state index in [0.717, 1.165) is 23.6 Å². The lowest BCUT2D eigenvalue weighted by molar-refractivity contribution is 0.0285. The van der Waals surface area contributed by atoms with Crippen LogP contribution in [0.1, 0.15) is 51.6 Å². The minimum Gasteiger partial charge on any atom is -0.497 e. The predicted octanol–water partition coefficient (Wildman–Crippen LogP) is 11.4. The summed E-state index contributed by atoms with van der Waals surface area (Å²) < 4.78 is 40.8. The lowest BCUT2D eigenvalue weighted by Crippen LogP contribution is -2.44. The number of aromatic nitrogens is 2. The van der Waals surface area contributed by atoms with Crippen LogP contribution in [0.15, 0.2) is 85.7 Å². The molecule has 1 unspecified atom stereocenters. The van der Waals surface area contributed by atoms with Crippen LogP contribution in [0.3, 0.4) is 0 Å². The molecule has 0 aliphatic rings. The fourth-order valence-corrected chi connectivity index (χ4v) is 8.94. The van der Waals surface area contributed by atoms with Crippen LogP contribution in [0.4, 0.5) is 18.4 Å². The molecule has 0 fully saturated rings. The standard InChI is InChI=1S/C23H25FN2O3S2.C16H18BrFN2O2S/c1-23(2,3)29-22(27)26(4)14-19-25-20(17-11-6-7-12-18(17)24)21(31-19)30-16-10-8-9-15(13-16)28-5;1-16(2,3)11(19-15(21)22)8-12-20-13(14(17)23-12)9-6-4-5-7-10(9)18/h6-13H,14H2,1-5H3;4-7,11,19H,8H2,1-3H3,(H,21,22). The zero-order chi connectivity index (χ0) is 39.8. The van der Waals surface area contributed by atoms with Gasteiger partial charge in [-0.1, -0.05) is 62.9 Å². The second-order valence-electron chi connectivity index (χ2n) is 14.1. The van der Waals surface area contributed by atoms with Gasteiger partial charge in [-0.3, -0.25) is 0 Å². The highest BCUT2D eigenvalue weighted by Gasteiger charge is 2.28. The molecule has 2 amide bonds. The molecule has 0 bridgehead atoms. The van der Waals surface area contributed by atoms with Gasteiger partial charge in [0.1, 0.15) is 28.0 Å². The molecule has 288 valence electrons. The van der Waals surface area contributed by atoms with E-state index >= 15 is 0 Å². The normalized spacial score (nSPS) is 12.0. The molecule has 0 aliphatic heterocycles. The number of methoxy groups -OCH3 is 1. The number of nitrogens with zero attached hydrogens (tertiary/aromatic N) is 3. The highest BCUT2D eigenvalue weighted by atomic mass is 79.9. The first-order valence-electron chi connectivity index (χ1n) is 16.7. The number of carbonyl (C=O) groups is 2. The highest BCUT2D eigenvalue weighted by Crippen LogP contribution is 2.42. The number of hydrogen-bond donors (Lipinski definition) is 2. The number of nitrogens with one attached hydrogen (secondary N) is 1. The number of amides is 2. The Morgan fingerprint density at radius 3 is 2.06 bits per heavy atom. The molecule has 5 rings (SSSR count). The number of benzene rings is 3. The molecule has 1 atom stereocenters. The van der Waals surface area contributed by atoms with Crippen LogP contribution in [0.25, 0.3) is 22.5 Å². The van der Waals surface area contributed by atoms with E-state index in [9.17, 15) is 18.4 Å². The average Bonchev–Trinajstić information content (AvgIpc) is 3.65. The monoisotopic (exact) mass is 860 g/mol. The number of thiazole rings is 2. The van der Waals surface area contributed by atoms with Gasteiger partial charge in [-0.15, -0.1) is 22.7 Å². The third kappa shape index (κ3) is 12.2. The Hall–Kier alpha value is -4.05. The summed E-state index contributed by atoms with van der Waals surface area (Å²) in [5, 5.41) is 13.0. The quantitative estimate of drug-likeness (QED) is 0.143. The van der Waals surface area contributed by atoms with Crippen molar-refractivity contribution in [1.82, 2.24) is 20.2 Å². The smallest absolute Gasteiger partial charge is 0.410 e. The number of carboxylic acid groups (broad SMARTS) is 1. The van der Waals surface area contributed by atoms with Crippen molar-refractivity contribution in [2.24, 2.45) is 5.41 Å². The van der Waals surface area contributed by atoms with Gasteiger partial charge in [-0.05, 0) is 84.6 Å². The van der Waals surface area contributed by atoms with Gasteiger partial charge in [0.2, 0.25) is 0 Å². The molecule has 2 heterocycles. The van der Waals surface area contributed by atoms with Crippen molar-refractivity contribution in [3.8, 4) is 28.3 Å². The molecule has 0 radical (unpaired) electrons. The van der Waals surface area contributed by atoms with E-state index in [1.165, 1.54) is 51.5 Å². The van der Waals surface area contributed by atoms with E-state index in [-0.39, 0.29) is 29.6 Å². The van der Waals surface area contributed by atoms with Crippen LogP contribution < -0.4 is 10.1 Å². The molecule has 0 spiro atoms. The van der Waals surface area contributed by atoms with Crippen molar-refractivity contribution in [3.05, 3.63) is 98.2 Å². The van der Waals surface area contributed by atoms with Crippen molar-refractivity contribution in [2.75, 3.05) is 14.2 Å². The van der Waals surface area contributed by atoms with Crippen LogP contribution >= 0.6 is 50.4 Å². The second-order valence-corrected chi connectivity index (χ2v) is 19.0. The Labute approximate surface area is 335 Å². The molecule has 54 heavy (non-hydrogen) atoms. The molecule has 0 saturated heterocycles. The van der Waals surface area contributed by atoms with E-state index in [4.69, 9.17) is 14.6 Å². The predicted molar refractivity (Wildman–Crippen MR) is 216 cm³/mol. The van der Waals surface area contributed by atoms with Crippen molar-refractivity contribution in [3.63, 3.8) is 0 Å². The number of rotatable bonds is 10. The maximum atomic E-state index is 14.5. The van der Waals surface area contributed by atoms with Gasteiger partial charge >= 0.3 is 12.2 Å². The summed E-state index contributed by atoms with van der Waals surface area (Å²) in [6, 6.07) is 20.4. The Kier molecular flexibility index (Phi) is 14.6. The third-order valence-electron chi connectivity index (χ3n) is 7.58. The molecule has 5 aromatic rings. The molecule has 2 aromatic heterocycles. The summed E-state index contributed by atoms with van der Waals surface area (Å²) in [5.74, 6) is 0.0697. The Balaban J connectivity index is 0.000000252. The van der Waals surface area contributed by atoms with Crippen molar-refractivity contribution < 1.29 is 33.0 Å².